The van der Waals surface area contributed by atoms with E-state index in [0.717, 1.165) is 12.1 Å². The van der Waals surface area contributed by atoms with Crippen molar-refractivity contribution >= 4 is 31.5 Å². The molecule has 0 spiro atoms. The fourth-order valence-corrected chi connectivity index (χ4v) is 3.82. The number of hydrogen-bond acceptors (Lipinski definition) is 6. The van der Waals surface area contributed by atoms with Crippen LogP contribution in [-0.2, 0) is 9.84 Å². The molecule has 1 aliphatic heterocycles. The lowest BCUT2D eigenvalue weighted by Gasteiger charge is -2.15. The van der Waals surface area contributed by atoms with Gasteiger partial charge in [0.25, 0.3) is 0 Å². The van der Waals surface area contributed by atoms with Crippen LogP contribution in [0.2, 0.25) is 0 Å². The number of nitro benzene ring substituents is 1. The van der Waals surface area contributed by atoms with E-state index in [4.69, 9.17) is 4.74 Å². The van der Waals surface area contributed by atoms with Crippen LogP contribution in [0.5, 0.6) is 5.75 Å². The van der Waals surface area contributed by atoms with Gasteiger partial charge in [-0.1, -0.05) is 0 Å². The highest BCUT2D eigenvalue weighted by atomic mass is 79.9. The maximum atomic E-state index is 13.4. The van der Waals surface area contributed by atoms with E-state index in [0.29, 0.717) is 0 Å². The van der Waals surface area contributed by atoms with Crippen molar-refractivity contribution in [2.75, 3.05) is 11.5 Å². The van der Waals surface area contributed by atoms with Crippen molar-refractivity contribution in [3.8, 4) is 5.75 Å². The zero-order valence-electron chi connectivity index (χ0n) is 9.82. The number of rotatable bonds is 3. The lowest BCUT2D eigenvalue weighted by atomic mass is 10.2. The van der Waals surface area contributed by atoms with Gasteiger partial charge >= 0.3 is 5.69 Å². The van der Waals surface area contributed by atoms with E-state index in [9.17, 15) is 28.0 Å². The van der Waals surface area contributed by atoms with Crippen molar-refractivity contribution < 1.29 is 27.6 Å². The van der Waals surface area contributed by atoms with Crippen LogP contribution >= 0.6 is 15.9 Å². The first-order chi connectivity index (χ1) is 9.19. The highest BCUT2D eigenvalue weighted by Gasteiger charge is 2.39. The van der Waals surface area contributed by atoms with E-state index in [1.54, 1.807) is 0 Å². The van der Waals surface area contributed by atoms with Gasteiger partial charge < -0.3 is 9.84 Å². The molecule has 0 saturated carbocycles. The second-order valence-corrected chi connectivity index (χ2v) is 7.30. The normalized spacial score (nSPS) is 24.6. The average molecular weight is 370 g/mol. The molecular formula is C10H9BrFNO6S. The summed E-state index contributed by atoms with van der Waals surface area (Å²) in [5, 5.41) is 20.4. The summed E-state index contributed by atoms with van der Waals surface area (Å²) in [5.41, 5.74) is -0.519. The molecular weight excluding hydrogens is 361 g/mol. The van der Waals surface area contributed by atoms with Gasteiger partial charge in [0.15, 0.2) is 9.84 Å². The van der Waals surface area contributed by atoms with Gasteiger partial charge in [-0.15, -0.1) is 0 Å². The Hall–Kier alpha value is -1.26. The molecule has 0 bridgehead atoms. The van der Waals surface area contributed by atoms with Crippen molar-refractivity contribution in [3.63, 3.8) is 0 Å². The number of sulfone groups is 1. The number of hydrogen-bond donors (Lipinski definition) is 1. The van der Waals surface area contributed by atoms with Gasteiger partial charge in [-0.3, -0.25) is 10.1 Å². The summed E-state index contributed by atoms with van der Waals surface area (Å²) in [6.07, 6.45) is -2.45. The standard InChI is InChI=1S/C10H9BrFNO6S/c11-5-1-7(13(15)16)9(2-6(5)12)19-10-4-20(17,18)3-8(10)14/h1-2,8,10,14H,3-4H2. The third-order valence-electron chi connectivity index (χ3n) is 2.75. The lowest BCUT2D eigenvalue weighted by Crippen LogP contribution is -2.30. The molecule has 0 radical (unpaired) electrons. The lowest BCUT2D eigenvalue weighted by molar-refractivity contribution is -0.386. The summed E-state index contributed by atoms with van der Waals surface area (Å²) in [6, 6.07) is 1.69. The number of aliphatic hydroxyl groups excluding tert-OH is 1. The molecule has 1 fully saturated rings. The minimum Gasteiger partial charge on any atom is -0.480 e. The summed E-state index contributed by atoms with van der Waals surface area (Å²) < 4.78 is 41.1. The Balaban J connectivity index is 2.34. The van der Waals surface area contributed by atoms with E-state index in [1.165, 1.54) is 0 Å². The molecule has 2 rings (SSSR count). The SMILES string of the molecule is O=[N+]([O-])c1cc(Br)c(F)cc1OC1CS(=O)(=O)CC1O. The summed E-state index contributed by atoms with van der Waals surface area (Å²) in [4.78, 5) is 10.1. The first kappa shape index (κ1) is 15.1. The number of halogens is 2. The van der Waals surface area contributed by atoms with Gasteiger partial charge in [0.1, 0.15) is 18.0 Å². The molecule has 0 amide bonds. The zero-order valence-corrected chi connectivity index (χ0v) is 12.2. The first-order valence-corrected chi connectivity index (χ1v) is 7.99. The van der Waals surface area contributed by atoms with Crippen LogP contribution in [0, 0.1) is 15.9 Å². The number of aliphatic hydroxyl groups is 1. The first-order valence-electron chi connectivity index (χ1n) is 5.38. The molecule has 1 aliphatic rings. The van der Waals surface area contributed by atoms with E-state index in [2.05, 4.69) is 15.9 Å². The quantitative estimate of drug-likeness (QED) is 0.629. The van der Waals surface area contributed by atoms with Crippen molar-refractivity contribution in [1.29, 1.82) is 0 Å². The molecule has 10 heteroatoms. The van der Waals surface area contributed by atoms with Gasteiger partial charge in [0, 0.05) is 12.1 Å². The monoisotopic (exact) mass is 369 g/mol. The van der Waals surface area contributed by atoms with Gasteiger partial charge in [-0.2, -0.15) is 0 Å². The summed E-state index contributed by atoms with van der Waals surface area (Å²) in [6.45, 7) is 0. The minimum atomic E-state index is -3.46. The minimum absolute atomic E-state index is 0.115. The van der Waals surface area contributed by atoms with Gasteiger partial charge in [-0.05, 0) is 15.9 Å². The number of benzene rings is 1. The Morgan fingerprint density at radius 3 is 2.60 bits per heavy atom. The van der Waals surface area contributed by atoms with E-state index in [1.807, 2.05) is 0 Å². The Morgan fingerprint density at radius 1 is 1.45 bits per heavy atom. The molecule has 2 atom stereocenters. The summed E-state index contributed by atoms with van der Waals surface area (Å²) >= 11 is 2.81. The number of ether oxygens (including phenoxy) is 1. The number of nitrogens with zero attached hydrogens (tertiary/aromatic N) is 1. The predicted octanol–water partition coefficient (Wildman–Crippen LogP) is 1.03. The van der Waals surface area contributed by atoms with E-state index < -0.39 is 55.7 Å². The topological polar surface area (TPSA) is 107 Å². The molecule has 1 N–H and O–H groups in total. The van der Waals surface area contributed by atoms with Crippen molar-refractivity contribution in [3.05, 3.63) is 32.5 Å². The molecule has 0 aliphatic carbocycles. The maximum Gasteiger partial charge on any atom is 0.312 e. The van der Waals surface area contributed by atoms with Crippen molar-refractivity contribution in [2.24, 2.45) is 0 Å². The smallest absolute Gasteiger partial charge is 0.312 e. The number of nitro groups is 1. The second kappa shape index (κ2) is 5.26. The third-order valence-corrected chi connectivity index (χ3v) is 5.04. The van der Waals surface area contributed by atoms with E-state index >= 15 is 0 Å². The highest BCUT2D eigenvalue weighted by Crippen LogP contribution is 2.34. The van der Waals surface area contributed by atoms with Crippen LogP contribution in [0.1, 0.15) is 0 Å². The largest absolute Gasteiger partial charge is 0.480 e. The summed E-state index contributed by atoms with van der Waals surface area (Å²) in [7, 11) is -3.46. The Morgan fingerprint density at radius 2 is 2.10 bits per heavy atom. The maximum absolute atomic E-state index is 13.4. The van der Waals surface area contributed by atoms with Crippen LogP contribution in [-0.4, -0.2) is 42.2 Å². The van der Waals surface area contributed by atoms with Crippen LogP contribution in [0.3, 0.4) is 0 Å². The Kier molecular flexibility index (Phi) is 3.98. The highest BCUT2D eigenvalue weighted by molar-refractivity contribution is 9.10. The third kappa shape index (κ3) is 3.07. The second-order valence-electron chi connectivity index (χ2n) is 4.29. The fourth-order valence-electron chi connectivity index (χ4n) is 1.83. The average Bonchev–Trinajstić information content (AvgIpc) is 2.56. The molecule has 7 nitrogen and oxygen atoms in total. The summed E-state index contributed by atoms with van der Waals surface area (Å²) in [5.74, 6) is -2.16. The van der Waals surface area contributed by atoms with Crippen LogP contribution in [0.25, 0.3) is 0 Å². The molecule has 0 aromatic heterocycles. The van der Waals surface area contributed by atoms with Crippen LogP contribution in [0.15, 0.2) is 16.6 Å². The van der Waals surface area contributed by atoms with Gasteiger partial charge in [-0.25, -0.2) is 12.8 Å². The molecule has 1 saturated heterocycles. The Bertz CT molecular complexity index is 664. The molecule has 1 heterocycles. The van der Waals surface area contributed by atoms with Gasteiger partial charge in [0.05, 0.1) is 20.9 Å². The molecule has 20 heavy (non-hydrogen) atoms. The van der Waals surface area contributed by atoms with Crippen molar-refractivity contribution in [2.45, 2.75) is 12.2 Å². The van der Waals surface area contributed by atoms with Crippen LogP contribution in [0.4, 0.5) is 10.1 Å². The van der Waals surface area contributed by atoms with Crippen molar-refractivity contribution in [1.82, 2.24) is 0 Å². The molecule has 1 aromatic carbocycles. The van der Waals surface area contributed by atoms with Crippen LogP contribution < -0.4 is 4.74 Å². The molecule has 1 aromatic rings. The van der Waals surface area contributed by atoms with Gasteiger partial charge in [0.2, 0.25) is 5.75 Å². The Labute approximate surface area is 121 Å². The molecule has 2 unspecified atom stereocenters. The van der Waals surface area contributed by atoms with E-state index in [-0.39, 0.29) is 4.47 Å². The zero-order chi connectivity index (χ0) is 15.1. The molecule has 110 valence electrons. The predicted molar refractivity (Wildman–Crippen MR) is 69.8 cm³/mol. The fraction of sp³-hybridized carbons (Fsp3) is 0.400.